The Morgan fingerprint density at radius 1 is 1.18 bits per heavy atom. The normalized spacial score (nSPS) is 14.4. The largest absolute Gasteiger partial charge is 0.282 e. The van der Waals surface area contributed by atoms with Crippen LogP contribution in [0.15, 0.2) is 30.3 Å². The topological polar surface area (TPSA) is 30.7 Å². The van der Waals surface area contributed by atoms with E-state index in [-0.39, 0.29) is 12.4 Å². The third-order valence-electron chi connectivity index (χ3n) is 2.83. The van der Waals surface area contributed by atoms with Crippen LogP contribution in [-0.4, -0.2) is 14.8 Å². The van der Waals surface area contributed by atoms with Crippen LogP contribution < -0.4 is 0 Å². The van der Waals surface area contributed by atoms with Crippen molar-refractivity contribution in [2.75, 3.05) is 0 Å². The van der Waals surface area contributed by atoms with E-state index in [4.69, 9.17) is 11.6 Å². The zero-order valence-corrected chi connectivity index (χ0v) is 10.8. The van der Waals surface area contributed by atoms with Crippen molar-refractivity contribution in [1.29, 1.82) is 0 Å². The van der Waals surface area contributed by atoms with Gasteiger partial charge in [-0.2, -0.15) is 0 Å². The second-order valence-electron chi connectivity index (χ2n) is 4.05. The van der Waals surface area contributed by atoms with Crippen LogP contribution in [0, 0.1) is 0 Å². The molecule has 0 radical (unpaired) electrons. The minimum absolute atomic E-state index is 0. The molecule has 0 saturated heterocycles. The fourth-order valence-corrected chi connectivity index (χ4v) is 2.05. The maximum Gasteiger partial charge on any atom is 0.152 e. The molecule has 90 valence electrons. The van der Waals surface area contributed by atoms with Crippen molar-refractivity contribution in [3.8, 4) is 5.69 Å². The lowest BCUT2D eigenvalue weighted by Gasteiger charge is -2.08. The molecule has 1 aromatic heterocycles. The van der Waals surface area contributed by atoms with Crippen molar-refractivity contribution >= 4 is 24.0 Å². The van der Waals surface area contributed by atoms with Gasteiger partial charge in [-0.15, -0.1) is 34.2 Å². The minimum Gasteiger partial charge on any atom is -0.282 e. The third-order valence-corrected chi connectivity index (χ3v) is 3.07. The lowest BCUT2D eigenvalue weighted by Crippen LogP contribution is -2.03. The summed E-state index contributed by atoms with van der Waals surface area (Å²) in [6, 6.07) is 10.2. The van der Waals surface area contributed by atoms with E-state index in [9.17, 15) is 0 Å². The SMILES string of the molecule is Cl.ClCc1nnc(C2CC2)n1-c1ccccc1. The highest BCUT2D eigenvalue weighted by Gasteiger charge is 2.30. The molecule has 0 aliphatic heterocycles. The molecule has 0 amide bonds. The summed E-state index contributed by atoms with van der Waals surface area (Å²) in [6.07, 6.45) is 2.43. The molecule has 0 atom stereocenters. The first kappa shape index (κ1) is 12.4. The molecule has 17 heavy (non-hydrogen) atoms. The third kappa shape index (κ3) is 2.31. The molecule has 3 rings (SSSR count). The number of halogens is 2. The van der Waals surface area contributed by atoms with Crippen LogP contribution in [0.25, 0.3) is 5.69 Å². The van der Waals surface area contributed by atoms with Crippen molar-refractivity contribution in [3.05, 3.63) is 42.0 Å². The number of para-hydroxylation sites is 1. The molecule has 1 aromatic carbocycles. The highest BCUT2D eigenvalue weighted by atomic mass is 35.5. The standard InChI is InChI=1S/C12H12ClN3.ClH/c13-8-11-14-15-12(9-6-7-9)16(11)10-4-2-1-3-5-10;/h1-5,9H,6-8H2;1H. The van der Waals surface area contributed by atoms with E-state index < -0.39 is 0 Å². The van der Waals surface area contributed by atoms with Gasteiger partial charge in [0.25, 0.3) is 0 Å². The fourth-order valence-electron chi connectivity index (χ4n) is 1.88. The molecular weight excluding hydrogens is 257 g/mol. The van der Waals surface area contributed by atoms with Gasteiger partial charge in [-0.05, 0) is 25.0 Å². The Labute approximate surface area is 111 Å². The molecule has 1 heterocycles. The summed E-state index contributed by atoms with van der Waals surface area (Å²) in [7, 11) is 0. The molecule has 0 spiro atoms. The Balaban J connectivity index is 0.00000108. The fraction of sp³-hybridized carbons (Fsp3) is 0.333. The molecule has 1 aliphatic carbocycles. The maximum absolute atomic E-state index is 5.90. The Bertz CT molecular complexity index is 492. The first-order valence-electron chi connectivity index (χ1n) is 5.45. The van der Waals surface area contributed by atoms with Crippen LogP contribution in [0.5, 0.6) is 0 Å². The zero-order valence-electron chi connectivity index (χ0n) is 9.21. The van der Waals surface area contributed by atoms with Gasteiger partial charge >= 0.3 is 0 Å². The molecule has 1 aliphatic rings. The predicted octanol–water partition coefficient (Wildman–Crippen LogP) is 3.31. The van der Waals surface area contributed by atoms with Gasteiger partial charge < -0.3 is 0 Å². The maximum atomic E-state index is 5.90. The lowest BCUT2D eigenvalue weighted by molar-refractivity contribution is 0.857. The van der Waals surface area contributed by atoms with Crippen LogP contribution in [0.4, 0.5) is 0 Å². The Kier molecular flexibility index (Phi) is 3.69. The van der Waals surface area contributed by atoms with E-state index in [1.165, 1.54) is 12.8 Å². The quantitative estimate of drug-likeness (QED) is 0.801. The Morgan fingerprint density at radius 2 is 1.88 bits per heavy atom. The molecule has 0 N–H and O–H groups in total. The average Bonchev–Trinajstić information content (AvgIpc) is 3.09. The summed E-state index contributed by atoms with van der Waals surface area (Å²) in [6.45, 7) is 0. The summed E-state index contributed by atoms with van der Waals surface area (Å²) in [5.41, 5.74) is 1.10. The molecule has 5 heteroatoms. The highest BCUT2D eigenvalue weighted by molar-refractivity contribution is 6.16. The number of hydrogen-bond donors (Lipinski definition) is 0. The zero-order chi connectivity index (χ0) is 11.0. The predicted molar refractivity (Wildman–Crippen MR) is 70.1 cm³/mol. The Morgan fingerprint density at radius 3 is 2.47 bits per heavy atom. The van der Waals surface area contributed by atoms with E-state index in [0.29, 0.717) is 11.8 Å². The van der Waals surface area contributed by atoms with E-state index in [2.05, 4.69) is 26.9 Å². The summed E-state index contributed by atoms with van der Waals surface area (Å²) in [4.78, 5) is 0. The van der Waals surface area contributed by atoms with Crippen LogP contribution in [0.2, 0.25) is 0 Å². The van der Waals surface area contributed by atoms with Gasteiger partial charge in [-0.1, -0.05) is 18.2 Å². The van der Waals surface area contributed by atoms with Gasteiger partial charge in [0, 0.05) is 11.6 Å². The van der Waals surface area contributed by atoms with Gasteiger partial charge in [0.15, 0.2) is 5.82 Å². The Hall–Kier alpha value is -1.06. The number of hydrogen-bond acceptors (Lipinski definition) is 2. The minimum atomic E-state index is 0. The van der Waals surface area contributed by atoms with E-state index in [1.807, 2.05) is 18.2 Å². The molecule has 1 fully saturated rings. The number of alkyl halides is 1. The van der Waals surface area contributed by atoms with Gasteiger partial charge in [-0.3, -0.25) is 4.57 Å². The smallest absolute Gasteiger partial charge is 0.152 e. The van der Waals surface area contributed by atoms with Crippen LogP contribution >= 0.6 is 24.0 Å². The molecule has 1 saturated carbocycles. The average molecular weight is 270 g/mol. The number of rotatable bonds is 3. The van der Waals surface area contributed by atoms with E-state index in [1.54, 1.807) is 0 Å². The monoisotopic (exact) mass is 269 g/mol. The van der Waals surface area contributed by atoms with E-state index >= 15 is 0 Å². The molecular formula is C12H13Cl2N3. The summed E-state index contributed by atoms with van der Waals surface area (Å²) in [5.74, 6) is 2.86. The highest BCUT2D eigenvalue weighted by Crippen LogP contribution is 2.40. The first-order chi connectivity index (χ1) is 7.90. The van der Waals surface area contributed by atoms with Gasteiger partial charge in [-0.25, -0.2) is 0 Å². The van der Waals surface area contributed by atoms with Gasteiger partial charge in [0.1, 0.15) is 5.82 Å². The van der Waals surface area contributed by atoms with Crippen molar-refractivity contribution < 1.29 is 0 Å². The first-order valence-corrected chi connectivity index (χ1v) is 5.99. The molecule has 0 bridgehead atoms. The molecule has 2 aromatic rings. The second kappa shape index (κ2) is 5.07. The van der Waals surface area contributed by atoms with Crippen molar-refractivity contribution in [2.45, 2.75) is 24.6 Å². The summed E-state index contributed by atoms with van der Waals surface area (Å²) >= 11 is 5.90. The van der Waals surface area contributed by atoms with Gasteiger partial charge in [0.2, 0.25) is 0 Å². The van der Waals surface area contributed by atoms with Crippen molar-refractivity contribution in [1.82, 2.24) is 14.8 Å². The molecule has 0 unspecified atom stereocenters. The summed E-state index contributed by atoms with van der Waals surface area (Å²) in [5, 5.41) is 8.41. The molecule has 3 nitrogen and oxygen atoms in total. The summed E-state index contributed by atoms with van der Waals surface area (Å²) < 4.78 is 2.09. The number of aromatic nitrogens is 3. The van der Waals surface area contributed by atoms with Crippen LogP contribution in [0.3, 0.4) is 0 Å². The van der Waals surface area contributed by atoms with Crippen molar-refractivity contribution in [3.63, 3.8) is 0 Å². The van der Waals surface area contributed by atoms with Crippen LogP contribution in [0.1, 0.15) is 30.4 Å². The van der Waals surface area contributed by atoms with Gasteiger partial charge in [0.05, 0.1) is 5.88 Å². The van der Waals surface area contributed by atoms with E-state index in [0.717, 1.165) is 17.3 Å². The van der Waals surface area contributed by atoms with Crippen LogP contribution in [-0.2, 0) is 5.88 Å². The second-order valence-corrected chi connectivity index (χ2v) is 4.32. The number of nitrogens with zero attached hydrogens (tertiary/aromatic N) is 3. The number of benzene rings is 1. The van der Waals surface area contributed by atoms with Crippen molar-refractivity contribution in [2.24, 2.45) is 0 Å². The lowest BCUT2D eigenvalue weighted by atomic mass is 10.3.